The number of rotatable bonds is 4. The van der Waals surface area contributed by atoms with Gasteiger partial charge in [-0.2, -0.15) is 0 Å². The summed E-state index contributed by atoms with van der Waals surface area (Å²) in [5, 5.41) is 11.8. The van der Waals surface area contributed by atoms with Crippen LogP contribution in [0.2, 0.25) is 5.02 Å². The molecule has 0 unspecified atom stereocenters. The van der Waals surface area contributed by atoms with Crippen LogP contribution in [0.25, 0.3) is 11.4 Å². The highest BCUT2D eigenvalue weighted by Gasteiger charge is 2.30. The summed E-state index contributed by atoms with van der Waals surface area (Å²) in [6.07, 6.45) is 1.11. The molecule has 2 rings (SSSR count). The number of aliphatic carboxylic acids is 1. The molecule has 7 nitrogen and oxygen atoms in total. The molecule has 8 heteroatoms. The molecule has 0 spiro atoms. The summed E-state index contributed by atoms with van der Waals surface area (Å²) < 4.78 is 0. The molecule has 1 aromatic heterocycles. The maximum absolute atomic E-state index is 12.0. The van der Waals surface area contributed by atoms with Crippen molar-refractivity contribution in [1.29, 1.82) is 0 Å². The molecule has 0 aliphatic rings. The van der Waals surface area contributed by atoms with Crippen molar-refractivity contribution >= 4 is 23.5 Å². The Morgan fingerprint density at radius 1 is 1.26 bits per heavy atom. The van der Waals surface area contributed by atoms with E-state index in [4.69, 9.17) is 16.7 Å². The van der Waals surface area contributed by atoms with Gasteiger partial charge in [0.15, 0.2) is 0 Å². The van der Waals surface area contributed by atoms with Crippen LogP contribution >= 0.6 is 11.6 Å². The van der Waals surface area contributed by atoms with Crippen molar-refractivity contribution in [3.8, 4) is 11.4 Å². The van der Waals surface area contributed by atoms with Gasteiger partial charge in [0.2, 0.25) is 0 Å². The second-order valence-corrected chi connectivity index (χ2v) is 5.80. The average molecular weight is 336 g/mol. The van der Waals surface area contributed by atoms with Gasteiger partial charge in [0.25, 0.3) is 11.5 Å². The Bertz CT molecular complexity index is 812. The van der Waals surface area contributed by atoms with Crippen molar-refractivity contribution < 1.29 is 14.7 Å². The maximum Gasteiger partial charge on any atom is 0.328 e. The lowest BCUT2D eigenvalue weighted by molar-refractivity contribution is -0.143. The summed E-state index contributed by atoms with van der Waals surface area (Å²) in [6.45, 7) is 2.63. The van der Waals surface area contributed by atoms with Crippen molar-refractivity contribution in [2.24, 2.45) is 0 Å². The summed E-state index contributed by atoms with van der Waals surface area (Å²) in [4.78, 5) is 41.6. The molecule has 0 atom stereocenters. The molecule has 0 aliphatic carbocycles. The molecule has 23 heavy (non-hydrogen) atoms. The first kappa shape index (κ1) is 16.7. The number of carboxylic acids is 1. The molecule has 0 bridgehead atoms. The summed E-state index contributed by atoms with van der Waals surface area (Å²) in [7, 11) is 0. The van der Waals surface area contributed by atoms with Crippen LogP contribution in [-0.2, 0) is 4.79 Å². The first-order valence-corrected chi connectivity index (χ1v) is 6.99. The molecule has 3 N–H and O–H groups in total. The minimum absolute atomic E-state index is 0.267. The lowest BCUT2D eigenvalue weighted by Gasteiger charge is -2.20. The minimum Gasteiger partial charge on any atom is -0.480 e. The molecular weight excluding hydrogens is 322 g/mol. The highest BCUT2D eigenvalue weighted by molar-refractivity contribution is 6.30. The third-order valence-corrected chi connectivity index (χ3v) is 3.37. The number of hydrogen-bond donors (Lipinski definition) is 3. The van der Waals surface area contributed by atoms with Crippen LogP contribution in [0.1, 0.15) is 24.2 Å². The summed E-state index contributed by atoms with van der Waals surface area (Å²) >= 11 is 5.79. The van der Waals surface area contributed by atoms with E-state index in [1.165, 1.54) is 13.8 Å². The molecule has 0 fully saturated rings. The van der Waals surface area contributed by atoms with Gasteiger partial charge < -0.3 is 15.4 Å². The van der Waals surface area contributed by atoms with Gasteiger partial charge in [-0.1, -0.05) is 11.6 Å². The second-order valence-electron chi connectivity index (χ2n) is 5.37. The van der Waals surface area contributed by atoms with Crippen molar-refractivity contribution in [3.63, 3.8) is 0 Å². The van der Waals surface area contributed by atoms with Gasteiger partial charge in [-0.25, -0.2) is 9.78 Å². The van der Waals surface area contributed by atoms with E-state index in [0.29, 0.717) is 10.6 Å². The monoisotopic (exact) mass is 335 g/mol. The van der Waals surface area contributed by atoms with E-state index in [9.17, 15) is 14.4 Å². The molecule has 0 saturated carbocycles. The van der Waals surface area contributed by atoms with E-state index in [2.05, 4.69) is 15.3 Å². The topological polar surface area (TPSA) is 112 Å². The first-order valence-electron chi connectivity index (χ1n) is 6.62. The smallest absolute Gasteiger partial charge is 0.328 e. The lowest BCUT2D eigenvalue weighted by Crippen LogP contribution is -2.50. The van der Waals surface area contributed by atoms with E-state index in [1.807, 2.05) is 0 Å². The fraction of sp³-hybridized carbons (Fsp3) is 0.200. The van der Waals surface area contributed by atoms with Crippen molar-refractivity contribution in [2.75, 3.05) is 0 Å². The number of hydrogen-bond acceptors (Lipinski definition) is 4. The summed E-state index contributed by atoms with van der Waals surface area (Å²) in [6, 6.07) is 6.64. The third-order valence-electron chi connectivity index (χ3n) is 3.12. The second kappa shape index (κ2) is 6.21. The number of nitrogens with zero attached hydrogens (tertiary/aromatic N) is 1. The van der Waals surface area contributed by atoms with E-state index in [1.54, 1.807) is 24.3 Å². The lowest BCUT2D eigenvalue weighted by atomic mass is 10.1. The number of nitrogens with one attached hydrogen (secondary N) is 2. The Balaban J connectivity index is 2.29. The Hall–Kier alpha value is -2.67. The van der Waals surface area contributed by atoms with Crippen LogP contribution in [0.15, 0.2) is 35.3 Å². The van der Waals surface area contributed by atoms with Crippen LogP contribution in [0.4, 0.5) is 0 Å². The molecule has 120 valence electrons. The minimum atomic E-state index is -1.50. The quantitative estimate of drug-likeness (QED) is 0.787. The number of carboxylic acid groups (broad SMARTS) is 1. The molecule has 0 aliphatic heterocycles. The van der Waals surface area contributed by atoms with Gasteiger partial charge in [-0.15, -0.1) is 0 Å². The van der Waals surface area contributed by atoms with Crippen LogP contribution in [0.3, 0.4) is 0 Å². The Labute approximate surface area is 136 Å². The number of H-pyrrole nitrogens is 1. The normalized spacial score (nSPS) is 11.1. The Morgan fingerprint density at radius 3 is 2.39 bits per heavy atom. The zero-order valence-corrected chi connectivity index (χ0v) is 13.1. The molecular formula is C15H14ClN3O4. The number of benzene rings is 1. The zero-order valence-electron chi connectivity index (χ0n) is 12.4. The number of aromatic amines is 1. The van der Waals surface area contributed by atoms with Crippen molar-refractivity contribution in [2.45, 2.75) is 19.4 Å². The third kappa shape index (κ3) is 3.75. The van der Waals surface area contributed by atoms with Crippen LogP contribution in [0, 0.1) is 0 Å². The molecule has 0 saturated heterocycles. The van der Waals surface area contributed by atoms with Crippen molar-refractivity contribution in [1.82, 2.24) is 15.3 Å². The number of carbonyl (C=O) groups excluding carboxylic acids is 1. The Kier molecular flexibility index (Phi) is 4.51. The fourth-order valence-corrected chi connectivity index (χ4v) is 1.84. The predicted octanol–water partition coefficient (Wildman–Crippen LogP) is 1.68. The van der Waals surface area contributed by atoms with Gasteiger partial charge in [-0.3, -0.25) is 9.59 Å². The number of amides is 1. The van der Waals surface area contributed by atoms with Crippen LogP contribution in [-0.4, -0.2) is 32.5 Å². The molecule has 1 aromatic carbocycles. The summed E-state index contributed by atoms with van der Waals surface area (Å²) in [5.41, 5.74) is -1.80. The van der Waals surface area contributed by atoms with Crippen molar-refractivity contribution in [3.05, 3.63) is 51.4 Å². The van der Waals surface area contributed by atoms with Gasteiger partial charge in [-0.05, 0) is 38.1 Å². The van der Waals surface area contributed by atoms with E-state index in [0.717, 1.165) is 6.20 Å². The standard InChI is InChI=1S/C15H14ClN3O4/c1-15(2,14(22)23)19-13(21)10-7-17-11(18-12(10)20)8-3-5-9(16)6-4-8/h3-7H,1-2H3,(H,19,21)(H,22,23)(H,17,18,20). The van der Waals surface area contributed by atoms with Gasteiger partial charge in [0.1, 0.15) is 16.9 Å². The molecule has 0 radical (unpaired) electrons. The molecule has 1 heterocycles. The van der Waals surface area contributed by atoms with Crippen LogP contribution < -0.4 is 10.9 Å². The SMILES string of the molecule is CC(C)(NC(=O)c1cnc(-c2ccc(Cl)cc2)[nH]c1=O)C(=O)O. The van der Waals surface area contributed by atoms with E-state index in [-0.39, 0.29) is 11.4 Å². The zero-order chi connectivity index (χ0) is 17.2. The number of aromatic nitrogens is 2. The van der Waals surface area contributed by atoms with E-state index >= 15 is 0 Å². The first-order chi connectivity index (χ1) is 10.7. The maximum atomic E-state index is 12.0. The molecule has 1 amide bonds. The van der Waals surface area contributed by atoms with Gasteiger partial charge in [0, 0.05) is 16.8 Å². The highest BCUT2D eigenvalue weighted by Crippen LogP contribution is 2.16. The average Bonchev–Trinajstić information content (AvgIpc) is 2.47. The number of carbonyl (C=O) groups is 2. The van der Waals surface area contributed by atoms with E-state index < -0.39 is 23.0 Å². The Morgan fingerprint density at radius 2 is 1.87 bits per heavy atom. The van der Waals surface area contributed by atoms with Gasteiger partial charge in [0.05, 0.1) is 0 Å². The predicted molar refractivity (Wildman–Crippen MR) is 84.5 cm³/mol. The summed E-state index contributed by atoms with van der Waals surface area (Å²) in [5.74, 6) is -1.75. The largest absolute Gasteiger partial charge is 0.480 e. The van der Waals surface area contributed by atoms with Gasteiger partial charge >= 0.3 is 5.97 Å². The van der Waals surface area contributed by atoms with Crippen LogP contribution in [0.5, 0.6) is 0 Å². The number of halogens is 1. The highest BCUT2D eigenvalue weighted by atomic mass is 35.5. The molecule has 2 aromatic rings. The fourth-order valence-electron chi connectivity index (χ4n) is 1.72.